The molecular weight excluding hydrogens is 453 g/mol. The minimum atomic E-state index is -1.05. The highest BCUT2D eigenvalue weighted by atomic mass is 19.1. The quantitative estimate of drug-likeness (QED) is 0.372. The molecule has 1 saturated heterocycles. The summed E-state index contributed by atoms with van der Waals surface area (Å²) in [5, 5.41) is 19.4. The molecule has 0 radical (unpaired) electrons. The molecule has 0 aliphatic carbocycles. The number of aryl methyl sites for hydroxylation is 1. The lowest BCUT2D eigenvalue weighted by Gasteiger charge is -2.38. The largest absolute Gasteiger partial charge is 0.494 e. The lowest BCUT2D eigenvalue weighted by molar-refractivity contribution is -0.162. The van der Waals surface area contributed by atoms with Crippen LogP contribution in [0.1, 0.15) is 30.9 Å². The molecule has 1 amide bonds. The van der Waals surface area contributed by atoms with Gasteiger partial charge in [-0.05, 0) is 61.6 Å². The molecule has 8 nitrogen and oxygen atoms in total. The topological polar surface area (TPSA) is 94.5 Å². The summed E-state index contributed by atoms with van der Waals surface area (Å²) in [4.78, 5) is 22.0. The second kappa shape index (κ2) is 14.0. The maximum Gasteiger partial charge on any atom is 0.228 e. The SMILES string of the molecule is CCOc1ccc(CCC[C@@H](C(=O)N2CCN(c3cccc(CF)c3)CC2)[C@H](O)CONO)cc1. The molecule has 9 heteroatoms. The Morgan fingerprint density at radius 1 is 1.11 bits per heavy atom. The van der Waals surface area contributed by atoms with E-state index < -0.39 is 18.7 Å². The van der Waals surface area contributed by atoms with E-state index in [1.54, 1.807) is 16.6 Å². The van der Waals surface area contributed by atoms with Crippen molar-refractivity contribution in [1.82, 2.24) is 10.5 Å². The molecule has 0 bridgehead atoms. The Bertz CT molecular complexity index is 906. The molecule has 192 valence electrons. The van der Waals surface area contributed by atoms with Gasteiger partial charge in [-0.3, -0.25) is 14.8 Å². The summed E-state index contributed by atoms with van der Waals surface area (Å²) < 4.78 is 18.5. The molecule has 1 fully saturated rings. The van der Waals surface area contributed by atoms with E-state index in [1.807, 2.05) is 49.4 Å². The van der Waals surface area contributed by atoms with E-state index in [1.165, 1.54) is 0 Å². The molecule has 3 rings (SSSR count). The van der Waals surface area contributed by atoms with Crippen LogP contribution in [0.3, 0.4) is 0 Å². The number of hydrogen-bond donors (Lipinski definition) is 3. The molecule has 1 heterocycles. The average molecular weight is 490 g/mol. The molecule has 35 heavy (non-hydrogen) atoms. The van der Waals surface area contributed by atoms with E-state index in [2.05, 4.69) is 4.90 Å². The smallest absolute Gasteiger partial charge is 0.228 e. The minimum Gasteiger partial charge on any atom is -0.494 e. The Morgan fingerprint density at radius 2 is 1.86 bits per heavy atom. The van der Waals surface area contributed by atoms with Crippen molar-refractivity contribution in [3.63, 3.8) is 0 Å². The number of carbonyl (C=O) groups is 1. The number of hydrogen-bond acceptors (Lipinski definition) is 7. The molecule has 2 aromatic carbocycles. The number of carbonyl (C=O) groups excluding carboxylic acids is 1. The molecule has 2 aromatic rings. The zero-order valence-electron chi connectivity index (χ0n) is 20.2. The van der Waals surface area contributed by atoms with Crippen molar-refractivity contribution in [3.05, 3.63) is 59.7 Å². The van der Waals surface area contributed by atoms with Gasteiger partial charge in [0.25, 0.3) is 0 Å². The first kappa shape index (κ1) is 26.9. The highest BCUT2D eigenvalue weighted by Crippen LogP contribution is 2.23. The van der Waals surface area contributed by atoms with Crippen molar-refractivity contribution < 1.29 is 29.1 Å². The van der Waals surface area contributed by atoms with Crippen LogP contribution in [-0.2, 0) is 22.7 Å². The number of nitrogens with zero attached hydrogens (tertiary/aromatic N) is 2. The molecule has 0 unspecified atom stereocenters. The van der Waals surface area contributed by atoms with Gasteiger partial charge in [0.1, 0.15) is 12.4 Å². The second-order valence-electron chi connectivity index (χ2n) is 8.66. The van der Waals surface area contributed by atoms with Crippen molar-refractivity contribution in [2.45, 2.75) is 39.0 Å². The van der Waals surface area contributed by atoms with Crippen LogP contribution in [0.15, 0.2) is 48.5 Å². The Hall–Kier alpha value is -2.72. The normalized spacial score (nSPS) is 15.7. The first-order valence-electron chi connectivity index (χ1n) is 12.1. The molecular formula is C26H36FN3O5. The number of alkyl halides is 1. The number of aliphatic hydroxyl groups is 1. The van der Waals surface area contributed by atoms with Gasteiger partial charge in [0.05, 0.1) is 25.2 Å². The molecule has 0 saturated carbocycles. The number of benzene rings is 2. The Morgan fingerprint density at radius 3 is 2.51 bits per heavy atom. The van der Waals surface area contributed by atoms with Crippen molar-refractivity contribution in [3.8, 4) is 5.75 Å². The fraction of sp³-hybridized carbons (Fsp3) is 0.500. The minimum absolute atomic E-state index is 0.122. The first-order valence-corrected chi connectivity index (χ1v) is 12.1. The molecule has 1 aliphatic heterocycles. The van der Waals surface area contributed by atoms with Gasteiger partial charge in [0.2, 0.25) is 5.91 Å². The van der Waals surface area contributed by atoms with Crippen molar-refractivity contribution in [2.24, 2.45) is 5.92 Å². The number of anilines is 1. The monoisotopic (exact) mass is 489 g/mol. The van der Waals surface area contributed by atoms with Crippen molar-refractivity contribution in [1.29, 1.82) is 0 Å². The average Bonchev–Trinajstić information content (AvgIpc) is 2.90. The Labute approximate surface area is 206 Å². The lowest BCUT2D eigenvalue weighted by atomic mass is 9.93. The third-order valence-electron chi connectivity index (χ3n) is 6.34. The summed E-state index contributed by atoms with van der Waals surface area (Å²) >= 11 is 0. The molecule has 3 N–H and O–H groups in total. The zero-order chi connectivity index (χ0) is 25.0. The van der Waals surface area contributed by atoms with Gasteiger partial charge in [-0.2, -0.15) is 0 Å². The Kier molecular flexibility index (Phi) is 10.7. The fourth-order valence-electron chi connectivity index (χ4n) is 4.42. The maximum absolute atomic E-state index is 13.3. The number of ether oxygens (including phenoxy) is 1. The number of amides is 1. The van der Waals surface area contributed by atoms with Gasteiger partial charge in [-0.25, -0.2) is 4.39 Å². The number of aliphatic hydroxyl groups excluding tert-OH is 1. The summed E-state index contributed by atoms with van der Waals surface area (Å²) in [5.74, 6) is 0.0549. The summed E-state index contributed by atoms with van der Waals surface area (Å²) in [6, 6.07) is 15.3. The van der Waals surface area contributed by atoms with Gasteiger partial charge in [0.15, 0.2) is 0 Å². The van der Waals surface area contributed by atoms with Gasteiger partial charge in [-0.1, -0.05) is 29.9 Å². The van der Waals surface area contributed by atoms with E-state index in [0.717, 1.165) is 23.4 Å². The molecule has 2 atom stereocenters. The predicted molar refractivity (Wildman–Crippen MR) is 131 cm³/mol. The van der Waals surface area contributed by atoms with Crippen LogP contribution < -0.4 is 15.3 Å². The summed E-state index contributed by atoms with van der Waals surface area (Å²) in [6.45, 7) is 4.13. The van der Waals surface area contributed by atoms with Crippen LogP contribution >= 0.6 is 0 Å². The fourth-order valence-corrected chi connectivity index (χ4v) is 4.42. The highest BCUT2D eigenvalue weighted by Gasteiger charge is 2.32. The van der Waals surface area contributed by atoms with Crippen LogP contribution in [0.4, 0.5) is 10.1 Å². The highest BCUT2D eigenvalue weighted by molar-refractivity contribution is 5.79. The summed E-state index contributed by atoms with van der Waals surface area (Å²) in [5.41, 5.74) is 4.28. The molecule has 0 spiro atoms. The number of piperazine rings is 1. The third-order valence-corrected chi connectivity index (χ3v) is 6.34. The number of halogens is 1. The van der Waals surface area contributed by atoms with Gasteiger partial charge < -0.3 is 19.6 Å². The number of nitrogens with one attached hydrogen (secondary N) is 1. The molecule has 0 aromatic heterocycles. The summed E-state index contributed by atoms with van der Waals surface area (Å²) in [6.07, 6.45) is 0.910. The maximum atomic E-state index is 13.3. The lowest BCUT2D eigenvalue weighted by Crippen LogP contribution is -2.52. The van der Waals surface area contributed by atoms with E-state index in [9.17, 15) is 14.3 Å². The van der Waals surface area contributed by atoms with E-state index in [-0.39, 0.29) is 12.5 Å². The third kappa shape index (κ3) is 7.90. The van der Waals surface area contributed by atoms with Gasteiger partial charge in [0, 0.05) is 31.9 Å². The van der Waals surface area contributed by atoms with Crippen LogP contribution in [0.25, 0.3) is 0 Å². The van der Waals surface area contributed by atoms with E-state index in [4.69, 9.17) is 14.8 Å². The predicted octanol–water partition coefficient (Wildman–Crippen LogP) is 3.11. The van der Waals surface area contributed by atoms with Crippen LogP contribution in [0, 0.1) is 5.92 Å². The second-order valence-corrected chi connectivity index (χ2v) is 8.66. The Balaban J connectivity index is 1.57. The van der Waals surface area contributed by atoms with Crippen LogP contribution in [0.2, 0.25) is 0 Å². The number of rotatable bonds is 13. The van der Waals surface area contributed by atoms with Crippen LogP contribution in [-0.4, -0.2) is 66.6 Å². The van der Waals surface area contributed by atoms with E-state index in [0.29, 0.717) is 51.2 Å². The van der Waals surface area contributed by atoms with Gasteiger partial charge in [-0.15, -0.1) is 0 Å². The van der Waals surface area contributed by atoms with Gasteiger partial charge >= 0.3 is 0 Å². The van der Waals surface area contributed by atoms with E-state index >= 15 is 0 Å². The zero-order valence-corrected chi connectivity index (χ0v) is 20.2. The molecule has 1 aliphatic rings. The summed E-state index contributed by atoms with van der Waals surface area (Å²) in [7, 11) is 0. The van der Waals surface area contributed by atoms with Crippen LogP contribution in [0.5, 0.6) is 5.75 Å². The van der Waals surface area contributed by atoms with Crippen molar-refractivity contribution >= 4 is 11.6 Å². The standard InChI is InChI=1S/C26H36FN3O5/c1-2-34-23-11-9-20(10-12-23)5-4-8-24(25(31)19-35-28-33)26(32)30-15-13-29(14-16-30)22-7-3-6-21(17-22)18-27/h3,6-7,9-12,17,24-25,28,31,33H,2,4-5,8,13-16,18-19H2,1H3/t24-,25-/m1/s1. The van der Waals surface area contributed by atoms with Crippen molar-refractivity contribution in [2.75, 3.05) is 44.3 Å². The first-order chi connectivity index (χ1) is 17.0.